The fourth-order valence-corrected chi connectivity index (χ4v) is 3.88. The molecule has 5 nitrogen and oxygen atoms in total. The normalized spacial score (nSPS) is 10.9. The first-order valence-electron chi connectivity index (χ1n) is 9.45. The number of fused-ring (bicyclic) bond motifs is 1. The van der Waals surface area contributed by atoms with E-state index in [0.717, 1.165) is 29.2 Å². The predicted molar refractivity (Wildman–Crippen MR) is 114 cm³/mol. The second kappa shape index (κ2) is 9.43. The largest absolute Gasteiger partial charge is 0.325 e. The SMILES string of the molecule is CC(C)CCn1c(SCCC(=O)Nc2ccccc2C#N)nc2ccccc21. The first-order chi connectivity index (χ1) is 13.6. The van der Waals surface area contributed by atoms with E-state index in [1.165, 1.54) is 0 Å². The van der Waals surface area contributed by atoms with Gasteiger partial charge >= 0.3 is 0 Å². The van der Waals surface area contributed by atoms with Crippen molar-refractivity contribution >= 4 is 34.4 Å². The second-order valence-electron chi connectivity index (χ2n) is 7.02. The van der Waals surface area contributed by atoms with E-state index in [1.54, 1.807) is 30.0 Å². The predicted octanol–water partition coefficient (Wildman–Crippen LogP) is 5.07. The Balaban J connectivity index is 1.64. The summed E-state index contributed by atoms with van der Waals surface area (Å²) in [7, 11) is 0. The molecule has 1 N–H and O–H groups in total. The summed E-state index contributed by atoms with van der Waals surface area (Å²) >= 11 is 1.60. The zero-order valence-corrected chi connectivity index (χ0v) is 17.0. The van der Waals surface area contributed by atoms with Crippen molar-refractivity contribution in [2.24, 2.45) is 5.92 Å². The first-order valence-corrected chi connectivity index (χ1v) is 10.4. The number of aryl methyl sites for hydroxylation is 1. The van der Waals surface area contributed by atoms with Gasteiger partial charge in [-0.25, -0.2) is 4.98 Å². The molecule has 0 spiro atoms. The number of aromatic nitrogens is 2. The summed E-state index contributed by atoms with van der Waals surface area (Å²) in [6, 6.07) is 17.3. The topological polar surface area (TPSA) is 70.7 Å². The van der Waals surface area contributed by atoms with Gasteiger partial charge in [-0.2, -0.15) is 5.26 Å². The third kappa shape index (κ3) is 4.93. The third-order valence-electron chi connectivity index (χ3n) is 4.43. The number of carbonyl (C=O) groups excluding carboxylic acids is 1. The molecule has 0 radical (unpaired) electrons. The molecule has 3 rings (SSSR count). The van der Waals surface area contributed by atoms with Crippen LogP contribution in [0.3, 0.4) is 0 Å². The smallest absolute Gasteiger partial charge is 0.225 e. The van der Waals surface area contributed by atoms with E-state index >= 15 is 0 Å². The maximum atomic E-state index is 12.3. The van der Waals surface area contributed by atoms with Crippen LogP contribution in [0.1, 0.15) is 32.3 Å². The van der Waals surface area contributed by atoms with E-state index in [4.69, 9.17) is 10.2 Å². The number of benzene rings is 2. The van der Waals surface area contributed by atoms with Crippen LogP contribution in [0.2, 0.25) is 0 Å². The number of imidazole rings is 1. The molecule has 0 saturated heterocycles. The Morgan fingerprint density at radius 3 is 2.75 bits per heavy atom. The van der Waals surface area contributed by atoms with Gasteiger partial charge in [-0.3, -0.25) is 4.79 Å². The number of nitrogens with zero attached hydrogens (tertiary/aromatic N) is 3. The van der Waals surface area contributed by atoms with E-state index in [9.17, 15) is 4.79 Å². The van der Waals surface area contributed by atoms with Crippen molar-refractivity contribution in [2.75, 3.05) is 11.1 Å². The maximum absolute atomic E-state index is 12.3. The monoisotopic (exact) mass is 392 g/mol. The lowest BCUT2D eigenvalue weighted by molar-refractivity contribution is -0.115. The fraction of sp³-hybridized carbons (Fsp3) is 0.318. The molecule has 1 amide bonds. The highest BCUT2D eigenvalue weighted by Gasteiger charge is 2.13. The first kappa shape index (κ1) is 20.0. The second-order valence-corrected chi connectivity index (χ2v) is 8.08. The third-order valence-corrected chi connectivity index (χ3v) is 5.41. The number of para-hydroxylation sites is 3. The number of amides is 1. The number of thioether (sulfide) groups is 1. The lowest BCUT2D eigenvalue weighted by Crippen LogP contribution is -2.13. The molecule has 0 aliphatic heterocycles. The Morgan fingerprint density at radius 2 is 1.96 bits per heavy atom. The number of anilines is 1. The van der Waals surface area contributed by atoms with E-state index < -0.39 is 0 Å². The molecular weight excluding hydrogens is 368 g/mol. The quantitative estimate of drug-likeness (QED) is 0.543. The van der Waals surface area contributed by atoms with Gasteiger partial charge in [0.25, 0.3) is 0 Å². The van der Waals surface area contributed by atoms with Crippen molar-refractivity contribution in [3.05, 3.63) is 54.1 Å². The molecule has 0 aliphatic carbocycles. The van der Waals surface area contributed by atoms with Crippen LogP contribution >= 0.6 is 11.8 Å². The van der Waals surface area contributed by atoms with Gasteiger partial charge < -0.3 is 9.88 Å². The lowest BCUT2D eigenvalue weighted by atomic mass is 10.1. The van der Waals surface area contributed by atoms with Crippen molar-refractivity contribution in [3.63, 3.8) is 0 Å². The van der Waals surface area contributed by atoms with Gasteiger partial charge in [0.15, 0.2) is 5.16 Å². The number of hydrogen-bond donors (Lipinski definition) is 1. The van der Waals surface area contributed by atoms with E-state index in [2.05, 4.69) is 35.9 Å². The summed E-state index contributed by atoms with van der Waals surface area (Å²) in [6.07, 6.45) is 1.44. The van der Waals surface area contributed by atoms with Crippen molar-refractivity contribution in [3.8, 4) is 6.07 Å². The minimum atomic E-state index is -0.0972. The van der Waals surface area contributed by atoms with E-state index in [1.807, 2.05) is 24.3 Å². The van der Waals surface area contributed by atoms with Crippen molar-refractivity contribution in [1.82, 2.24) is 9.55 Å². The van der Waals surface area contributed by atoms with Gasteiger partial charge in [-0.05, 0) is 36.6 Å². The lowest BCUT2D eigenvalue weighted by Gasteiger charge is -2.11. The van der Waals surface area contributed by atoms with Gasteiger partial charge in [-0.15, -0.1) is 0 Å². The molecule has 1 heterocycles. The van der Waals surface area contributed by atoms with Gasteiger partial charge in [0, 0.05) is 18.7 Å². The molecule has 0 bridgehead atoms. The Kier molecular flexibility index (Phi) is 6.72. The molecule has 28 heavy (non-hydrogen) atoms. The zero-order valence-electron chi connectivity index (χ0n) is 16.2. The Morgan fingerprint density at radius 1 is 1.21 bits per heavy atom. The van der Waals surface area contributed by atoms with Crippen LogP contribution in [0.25, 0.3) is 11.0 Å². The van der Waals surface area contributed by atoms with Crippen LogP contribution in [0.15, 0.2) is 53.7 Å². The summed E-state index contributed by atoms with van der Waals surface area (Å²) < 4.78 is 2.25. The molecule has 2 aromatic carbocycles. The number of nitriles is 1. The molecule has 0 atom stereocenters. The summed E-state index contributed by atoms with van der Waals surface area (Å²) in [5.74, 6) is 1.15. The van der Waals surface area contributed by atoms with Gasteiger partial charge in [0.05, 0.1) is 22.3 Å². The van der Waals surface area contributed by atoms with Crippen LogP contribution in [0, 0.1) is 17.2 Å². The van der Waals surface area contributed by atoms with E-state index in [0.29, 0.717) is 29.3 Å². The highest BCUT2D eigenvalue weighted by Crippen LogP contribution is 2.26. The minimum Gasteiger partial charge on any atom is -0.325 e. The Bertz CT molecular complexity index is 1000. The molecular formula is C22H24N4OS. The van der Waals surface area contributed by atoms with Crippen LogP contribution in [0.5, 0.6) is 0 Å². The van der Waals surface area contributed by atoms with Gasteiger partial charge in [-0.1, -0.05) is 49.9 Å². The number of rotatable bonds is 8. The maximum Gasteiger partial charge on any atom is 0.225 e. The molecule has 0 saturated carbocycles. The molecule has 1 aromatic heterocycles. The molecule has 0 unspecified atom stereocenters. The molecule has 0 fully saturated rings. The van der Waals surface area contributed by atoms with Crippen molar-refractivity contribution < 1.29 is 4.79 Å². The summed E-state index contributed by atoms with van der Waals surface area (Å²) in [4.78, 5) is 17.0. The van der Waals surface area contributed by atoms with Crippen LogP contribution in [-0.2, 0) is 11.3 Å². The summed E-state index contributed by atoms with van der Waals surface area (Å²) in [5, 5.41) is 12.9. The average Bonchev–Trinajstić information content (AvgIpc) is 3.04. The Hall–Kier alpha value is -2.78. The van der Waals surface area contributed by atoms with E-state index in [-0.39, 0.29) is 5.91 Å². The number of hydrogen-bond acceptors (Lipinski definition) is 4. The fourth-order valence-electron chi connectivity index (χ4n) is 2.90. The Labute approximate surface area is 169 Å². The minimum absolute atomic E-state index is 0.0972. The molecule has 0 aliphatic rings. The van der Waals surface area contributed by atoms with Gasteiger partial charge in [0.2, 0.25) is 5.91 Å². The standard InChI is InChI=1S/C22H24N4OS/c1-16(2)11-13-26-20-10-6-5-9-19(20)25-22(26)28-14-12-21(27)24-18-8-4-3-7-17(18)15-23/h3-10,16H,11-14H2,1-2H3,(H,24,27). The molecule has 144 valence electrons. The van der Waals surface area contributed by atoms with Crippen LogP contribution in [-0.4, -0.2) is 21.2 Å². The average molecular weight is 393 g/mol. The zero-order chi connectivity index (χ0) is 19.9. The summed E-state index contributed by atoms with van der Waals surface area (Å²) in [6.45, 7) is 5.35. The molecule has 6 heteroatoms. The van der Waals surface area contributed by atoms with Gasteiger partial charge in [0.1, 0.15) is 6.07 Å². The number of carbonyl (C=O) groups is 1. The highest BCUT2D eigenvalue weighted by atomic mass is 32.2. The van der Waals surface area contributed by atoms with Crippen LogP contribution < -0.4 is 5.32 Å². The molecule has 3 aromatic rings. The summed E-state index contributed by atoms with van der Waals surface area (Å²) in [5.41, 5.74) is 3.15. The van der Waals surface area contributed by atoms with Crippen molar-refractivity contribution in [2.45, 2.75) is 38.4 Å². The number of nitrogens with one attached hydrogen (secondary N) is 1. The highest BCUT2D eigenvalue weighted by molar-refractivity contribution is 7.99. The van der Waals surface area contributed by atoms with Crippen LogP contribution in [0.4, 0.5) is 5.69 Å². The van der Waals surface area contributed by atoms with Crippen molar-refractivity contribution in [1.29, 1.82) is 5.26 Å².